The van der Waals surface area contributed by atoms with Crippen LogP contribution in [0.4, 0.5) is 5.82 Å². The number of anilines is 1. The van der Waals surface area contributed by atoms with E-state index < -0.39 is 48.2 Å². The third kappa shape index (κ3) is 5.21. The van der Waals surface area contributed by atoms with Crippen molar-refractivity contribution in [2.24, 2.45) is 0 Å². The Morgan fingerprint density at radius 3 is 2.32 bits per heavy atom. The smallest absolute Gasteiger partial charge is 0.261 e. The highest BCUT2D eigenvalue weighted by Crippen LogP contribution is 2.32. The van der Waals surface area contributed by atoms with E-state index in [1.807, 2.05) is 0 Å². The Morgan fingerprint density at radius 1 is 0.932 bits per heavy atom. The fourth-order valence-corrected chi connectivity index (χ4v) is 5.15. The van der Waals surface area contributed by atoms with Gasteiger partial charge in [-0.3, -0.25) is 28.6 Å². The summed E-state index contributed by atoms with van der Waals surface area (Å²) in [4.78, 5) is 64.2. The van der Waals surface area contributed by atoms with Gasteiger partial charge in [0.25, 0.3) is 17.7 Å². The van der Waals surface area contributed by atoms with Crippen LogP contribution in [0.3, 0.4) is 0 Å². The summed E-state index contributed by atoms with van der Waals surface area (Å²) in [6.45, 7) is 3.57. The second-order valence-electron chi connectivity index (χ2n) is 10.3. The molecule has 14 heteroatoms. The summed E-state index contributed by atoms with van der Waals surface area (Å²) in [7, 11) is 0. The highest BCUT2D eigenvalue weighted by Gasteiger charge is 2.44. The Balaban J connectivity index is 1.06. The van der Waals surface area contributed by atoms with Crippen molar-refractivity contribution in [3.8, 4) is 0 Å². The Bertz CT molecular complexity index is 1760. The Kier molecular flexibility index (Phi) is 7.69. The van der Waals surface area contributed by atoms with Gasteiger partial charge in [-0.25, -0.2) is 15.0 Å². The number of aliphatic hydroxyl groups excluding tert-OH is 2. The zero-order valence-corrected chi connectivity index (χ0v) is 23.2. The van der Waals surface area contributed by atoms with Gasteiger partial charge in [-0.15, -0.1) is 0 Å². The molecule has 4 amide bonds. The Labute approximate surface area is 250 Å². The van der Waals surface area contributed by atoms with Gasteiger partial charge in [0.15, 0.2) is 23.2 Å². The average molecular weight is 598 g/mol. The first-order chi connectivity index (χ1) is 21.2. The summed E-state index contributed by atoms with van der Waals surface area (Å²) in [5.41, 5.74) is 1.66. The van der Waals surface area contributed by atoms with Gasteiger partial charge >= 0.3 is 0 Å². The number of benzene rings is 2. The third-order valence-corrected chi connectivity index (χ3v) is 7.54. The second-order valence-corrected chi connectivity index (χ2v) is 10.3. The number of imide groups is 1. The zero-order chi connectivity index (χ0) is 31.0. The molecule has 1 unspecified atom stereocenters. The maximum atomic E-state index is 12.7. The molecule has 2 aromatic heterocycles. The largest absolute Gasteiger partial charge is 0.387 e. The van der Waals surface area contributed by atoms with E-state index in [1.165, 1.54) is 17.2 Å². The Hall–Kier alpha value is -5.31. The third-order valence-electron chi connectivity index (χ3n) is 7.54. The number of hydrogen-bond donors (Lipinski definition) is 4. The van der Waals surface area contributed by atoms with Crippen LogP contribution in [0.15, 0.2) is 79.4 Å². The highest BCUT2D eigenvalue weighted by atomic mass is 16.6. The van der Waals surface area contributed by atoms with Gasteiger partial charge in [0.1, 0.15) is 24.6 Å². The number of nitrogens with one attached hydrogen (secondary N) is 2. The number of rotatable bonds is 9. The number of aromatic nitrogens is 4. The number of aliphatic hydroxyl groups is 2. The molecule has 2 aromatic carbocycles. The minimum absolute atomic E-state index is 0.0225. The molecule has 0 bridgehead atoms. The molecule has 1 saturated heterocycles. The van der Waals surface area contributed by atoms with Crippen LogP contribution in [0.25, 0.3) is 11.2 Å². The SMILES string of the molecule is C=C(CCN1C(=O)c2ccccc2C1=O)C(=O)NC[C@H]1O[C@@H](n2cnc3c(NC(=O)c4ccccc4)ncnc32)C(O)[C@H]1O. The average Bonchev–Trinajstić information content (AvgIpc) is 3.67. The minimum atomic E-state index is -1.40. The van der Waals surface area contributed by atoms with Crippen LogP contribution in [0.2, 0.25) is 0 Å². The first kappa shape index (κ1) is 28.8. The van der Waals surface area contributed by atoms with Gasteiger partial charge in [0, 0.05) is 24.2 Å². The zero-order valence-electron chi connectivity index (χ0n) is 23.2. The van der Waals surface area contributed by atoms with E-state index >= 15 is 0 Å². The lowest BCUT2D eigenvalue weighted by Crippen LogP contribution is -2.40. The molecule has 2 aliphatic rings. The number of carbonyl (C=O) groups is 4. The molecule has 14 nitrogen and oxygen atoms in total. The maximum Gasteiger partial charge on any atom is 0.261 e. The molecule has 2 aliphatic heterocycles. The van der Waals surface area contributed by atoms with Crippen LogP contribution in [-0.2, 0) is 9.53 Å². The van der Waals surface area contributed by atoms with Crippen LogP contribution in [0, 0.1) is 0 Å². The molecule has 44 heavy (non-hydrogen) atoms. The van der Waals surface area contributed by atoms with Crippen molar-refractivity contribution in [2.45, 2.75) is 31.0 Å². The summed E-state index contributed by atoms with van der Waals surface area (Å²) in [5, 5.41) is 26.8. The first-order valence-corrected chi connectivity index (χ1v) is 13.7. The van der Waals surface area contributed by atoms with Crippen molar-refractivity contribution in [2.75, 3.05) is 18.4 Å². The van der Waals surface area contributed by atoms with E-state index in [0.29, 0.717) is 16.7 Å². The van der Waals surface area contributed by atoms with Crippen LogP contribution < -0.4 is 10.6 Å². The molecular formula is C30H27N7O7. The van der Waals surface area contributed by atoms with E-state index in [-0.39, 0.29) is 42.1 Å². The molecule has 0 spiro atoms. The summed E-state index contributed by atoms with van der Waals surface area (Å²) < 4.78 is 7.31. The number of nitrogens with zero attached hydrogens (tertiary/aromatic N) is 5. The predicted molar refractivity (Wildman–Crippen MR) is 154 cm³/mol. The van der Waals surface area contributed by atoms with Crippen molar-refractivity contribution in [1.82, 2.24) is 29.7 Å². The molecule has 0 radical (unpaired) electrons. The lowest BCUT2D eigenvalue weighted by molar-refractivity contribution is -0.118. The van der Waals surface area contributed by atoms with E-state index in [4.69, 9.17) is 4.74 Å². The second kappa shape index (κ2) is 11.8. The van der Waals surface area contributed by atoms with Gasteiger partial charge in [-0.1, -0.05) is 36.9 Å². The van der Waals surface area contributed by atoms with E-state index in [1.54, 1.807) is 54.6 Å². The van der Waals surface area contributed by atoms with Crippen molar-refractivity contribution in [3.05, 3.63) is 96.1 Å². The molecule has 0 saturated carbocycles. The summed E-state index contributed by atoms with van der Waals surface area (Å²) >= 11 is 0. The topological polar surface area (TPSA) is 189 Å². The minimum Gasteiger partial charge on any atom is -0.387 e. The quantitative estimate of drug-likeness (QED) is 0.160. The fourth-order valence-electron chi connectivity index (χ4n) is 5.15. The van der Waals surface area contributed by atoms with Gasteiger partial charge in [-0.2, -0.15) is 0 Å². The fraction of sp³-hybridized carbons (Fsp3) is 0.233. The molecular weight excluding hydrogens is 570 g/mol. The molecule has 6 rings (SSSR count). The lowest BCUT2D eigenvalue weighted by atomic mass is 10.1. The van der Waals surface area contributed by atoms with Gasteiger partial charge in [-0.05, 0) is 30.7 Å². The van der Waals surface area contributed by atoms with Crippen molar-refractivity contribution >= 4 is 40.6 Å². The van der Waals surface area contributed by atoms with Crippen LogP contribution in [0.5, 0.6) is 0 Å². The summed E-state index contributed by atoms with van der Waals surface area (Å²) in [6.07, 6.45) is -2.27. The van der Waals surface area contributed by atoms with Crippen molar-refractivity contribution < 1.29 is 34.1 Å². The molecule has 1 fully saturated rings. The van der Waals surface area contributed by atoms with E-state index in [0.717, 1.165) is 4.90 Å². The normalized spacial score (nSPS) is 21.0. The van der Waals surface area contributed by atoms with Crippen LogP contribution in [-0.4, -0.2) is 89.7 Å². The number of imidazole rings is 1. The number of carbonyl (C=O) groups excluding carboxylic acids is 4. The van der Waals surface area contributed by atoms with Crippen LogP contribution >= 0.6 is 0 Å². The number of ether oxygens (including phenoxy) is 1. The molecule has 224 valence electrons. The van der Waals surface area contributed by atoms with Gasteiger partial charge < -0.3 is 25.6 Å². The van der Waals surface area contributed by atoms with Gasteiger partial charge in [0.2, 0.25) is 5.91 Å². The van der Waals surface area contributed by atoms with Crippen LogP contribution in [0.1, 0.15) is 43.7 Å². The lowest BCUT2D eigenvalue weighted by Gasteiger charge is -2.17. The molecule has 4 heterocycles. The number of amides is 4. The van der Waals surface area contributed by atoms with E-state index in [2.05, 4.69) is 32.2 Å². The monoisotopic (exact) mass is 597 g/mol. The highest BCUT2D eigenvalue weighted by molar-refractivity contribution is 6.21. The number of hydrogen-bond acceptors (Lipinski definition) is 10. The summed E-state index contributed by atoms with van der Waals surface area (Å²) in [5.74, 6) is -1.66. The Morgan fingerprint density at radius 2 is 1.61 bits per heavy atom. The van der Waals surface area contributed by atoms with Gasteiger partial charge in [0.05, 0.1) is 17.5 Å². The standard InChI is InChI=1S/C30H27N7O7/c1-16(11-12-36-28(42)18-9-5-6-10-19(18)29(36)43)26(40)31-13-20-22(38)23(39)30(44-20)37-15-34-21-24(32-14-33-25(21)37)35-27(41)17-7-3-2-4-8-17/h2-10,14-15,20,22-23,30,38-39H,1,11-13H2,(H,31,40)(H,32,33,35,41)/t20-,22+,23?,30-/m1/s1. The predicted octanol–water partition coefficient (Wildman–Crippen LogP) is 1.06. The maximum absolute atomic E-state index is 12.7. The van der Waals surface area contributed by atoms with E-state index in [9.17, 15) is 29.4 Å². The molecule has 4 aromatic rings. The van der Waals surface area contributed by atoms with Crippen molar-refractivity contribution in [3.63, 3.8) is 0 Å². The molecule has 4 atom stereocenters. The molecule has 4 N–H and O–H groups in total. The molecule has 0 aliphatic carbocycles. The van der Waals surface area contributed by atoms with Crippen molar-refractivity contribution in [1.29, 1.82) is 0 Å². The summed E-state index contributed by atoms with van der Waals surface area (Å²) in [6, 6.07) is 15.1. The number of fused-ring (bicyclic) bond motifs is 2. The first-order valence-electron chi connectivity index (χ1n) is 13.7.